The molecule has 0 bridgehead atoms. The summed E-state index contributed by atoms with van der Waals surface area (Å²) in [5.41, 5.74) is 4.00. The van der Waals surface area contributed by atoms with Gasteiger partial charge in [0.25, 0.3) is 0 Å². The highest BCUT2D eigenvalue weighted by atomic mass is 19.2. The monoisotopic (exact) mass is 342 g/mol. The lowest BCUT2D eigenvalue weighted by Gasteiger charge is -2.09. The Morgan fingerprint density at radius 2 is 2.12 bits per heavy atom. The number of benzene rings is 1. The van der Waals surface area contributed by atoms with Gasteiger partial charge in [0, 0.05) is 29.6 Å². The van der Waals surface area contributed by atoms with Gasteiger partial charge < -0.3 is 5.32 Å². The van der Waals surface area contributed by atoms with Crippen LogP contribution in [0.3, 0.4) is 0 Å². The molecule has 2 aromatic heterocycles. The molecule has 4 nitrogen and oxygen atoms in total. The molecule has 0 spiro atoms. The van der Waals surface area contributed by atoms with E-state index in [0.717, 1.165) is 17.7 Å². The molecule has 0 aliphatic carbocycles. The highest BCUT2D eigenvalue weighted by molar-refractivity contribution is 5.77. The van der Waals surface area contributed by atoms with Crippen LogP contribution in [0.5, 0.6) is 0 Å². The number of hydrogen-bond donors (Lipinski definition) is 1. The standard InChI is InChI=1S/C19H20F2N4/c1-12(2)4-6-22-10-15-8-14(9-17(20)18(15)21)16-11-23-25-7-5-13(3)24-19(16)25/h5,7-9,11,22H,1,4,6,10H2,2-3H3. The number of nitrogens with one attached hydrogen (secondary N) is 1. The minimum atomic E-state index is -0.874. The summed E-state index contributed by atoms with van der Waals surface area (Å²) in [5.74, 6) is -1.70. The Balaban J connectivity index is 1.93. The largest absolute Gasteiger partial charge is 0.312 e. The van der Waals surface area contributed by atoms with Crippen LogP contribution in [0.2, 0.25) is 0 Å². The fraction of sp³-hybridized carbons (Fsp3) is 0.263. The van der Waals surface area contributed by atoms with Crippen molar-refractivity contribution >= 4 is 5.65 Å². The molecule has 130 valence electrons. The second-order valence-corrected chi connectivity index (χ2v) is 6.21. The SMILES string of the molecule is C=C(C)CCNCc1cc(-c2cnn3ccc(C)nc23)cc(F)c1F. The number of rotatable bonds is 6. The van der Waals surface area contributed by atoms with Crippen LogP contribution in [-0.2, 0) is 6.54 Å². The van der Waals surface area contributed by atoms with Gasteiger partial charge in [0.15, 0.2) is 17.3 Å². The van der Waals surface area contributed by atoms with Gasteiger partial charge in [0.05, 0.1) is 6.20 Å². The molecule has 0 fully saturated rings. The Morgan fingerprint density at radius 3 is 2.88 bits per heavy atom. The first-order chi connectivity index (χ1) is 12.0. The zero-order valence-corrected chi connectivity index (χ0v) is 14.3. The number of aryl methyl sites for hydroxylation is 1. The van der Waals surface area contributed by atoms with Crippen molar-refractivity contribution in [2.24, 2.45) is 0 Å². The van der Waals surface area contributed by atoms with Gasteiger partial charge in [-0.25, -0.2) is 18.3 Å². The average Bonchev–Trinajstić information content (AvgIpc) is 2.97. The van der Waals surface area contributed by atoms with Crippen LogP contribution in [-0.4, -0.2) is 21.1 Å². The van der Waals surface area contributed by atoms with Gasteiger partial charge in [-0.2, -0.15) is 5.10 Å². The van der Waals surface area contributed by atoms with E-state index in [1.54, 1.807) is 23.0 Å². The van der Waals surface area contributed by atoms with Crippen LogP contribution >= 0.6 is 0 Å². The Morgan fingerprint density at radius 1 is 1.32 bits per heavy atom. The minimum absolute atomic E-state index is 0.246. The quantitative estimate of drug-likeness (QED) is 0.543. The molecule has 0 aliphatic rings. The van der Waals surface area contributed by atoms with E-state index in [1.807, 2.05) is 19.9 Å². The first-order valence-corrected chi connectivity index (χ1v) is 8.10. The summed E-state index contributed by atoms with van der Waals surface area (Å²) >= 11 is 0. The number of halogens is 2. The molecule has 3 rings (SSSR count). The third-order valence-electron chi connectivity index (χ3n) is 3.97. The lowest BCUT2D eigenvalue weighted by atomic mass is 10.0. The zero-order chi connectivity index (χ0) is 18.0. The van der Waals surface area contributed by atoms with Crippen molar-refractivity contribution in [1.82, 2.24) is 19.9 Å². The second kappa shape index (κ2) is 7.11. The van der Waals surface area contributed by atoms with Crippen molar-refractivity contribution in [2.75, 3.05) is 6.54 Å². The topological polar surface area (TPSA) is 42.2 Å². The van der Waals surface area contributed by atoms with E-state index in [-0.39, 0.29) is 12.1 Å². The van der Waals surface area contributed by atoms with Crippen molar-refractivity contribution in [3.8, 4) is 11.1 Å². The van der Waals surface area contributed by atoms with Crippen LogP contribution in [0.4, 0.5) is 8.78 Å². The van der Waals surface area contributed by atoms with E-state index in [4.69, 9.17) is 0 Å². The Labute approximate surface area is 145 Å². The molecular weight excluding hydrogens is 322 g/mol. The molecule has 25 heavy (non-hydrogen) atoms. The summed E-state index contributed by atoms with van der Waals surface area (Å²) in [4.78, 5) is 4.45. The summed E-state index contributed by atoms with van der Waals surface area (Å²) in [7, 11) is 0. The summed E-state index contributed by atoms with van der Waals surface area (Å²) < 4.78 is 29.8. The number of hydrogen-bond acceptors (Lipinski definition) is 3. The fourth-order valence-corrected chi connectivity index (χ4v) is 2.62. The molecule has 1 aromatic carbocycles. The highest BCUT2D eigenvalue weighted by Gasteiger charge is 2.15. The molecule has 1 N–H and O–H groups in total. The molecule has 6 heteroatoms. The maximum Gasteiger partial charge on any atom is 0.163 e. The van der Waals surface area contributed by atoms with Crippen molar-refractivity contribution in [2.45, 2.75) is 26.8 Å². The second-order valence-electron chi connectivity index (χ2n) is 6.21. The number of nitrogens with zero attached hydrogens (tertiary/aromatic N) is 3. The summed E-state index contributed by atoms with van der Waals surface area (Å²) in [6.07, 6.45) is 4.20. The Bertz CT molecular complexity index is 931. The first kappa shape index (κ1) is 17.2. The molecule has 0 radical (unpaired) electrons. The van der Waals surface area contributed by atoms with Crippen LogP contribution in [0, 0.1) is 18.6 Å². The molecule has 0 unspecified atom stereocenters. The van der Waals surface area contributed by atoms with Gasteiger partial charge in [0.2, 0.25) is 0 Å². The Kier molecular flexibility index (Phi) is 4.90. The van der Waals surface area contributed by atoms with Crippen LogP contribution in [0.25, 0.3) is 16.8 Å². The van der Waals surface area contributed by atoms with Crippen molar-refractivity contribution in [3.05, 3.63) is 65.6 Å². The lowest BCUT2D eigenvalue weighted by molar-refractivity contribution is 0.493. The summed E-state index contributed by atoms with van der Waals surface area (Å²) in [6, 6.07) is 4.67. The minimum Gasteiger partial charge on any atom is -0.312 e. The molecule has 0 aliphatic heterocycles. The maximum atomic E-state index is 14.1. The first-order valence-electron chi connectivity index (χ1n) is 8.10. The average molecular weight is 342 g/mol. The van der Waals surface area contributed by atoms with Crippen LogP contribution in [0.1, 0.15) is 24.6 Å². The third-order valence-corrected chi connectivity index (χ3v) is 3.97. The van der Waals surface area contributed by atoms with Crippen LogP contribution in [0.15, 0.2) is 42.7 Å². The third kappa shape index (κ3) is 3.74. The molecule has 0 saturated carbocycles. The van der Waals surface area contributed by atoms with E-state index >= 15 is 0 Å². The summed E-state index contributed by atoms with van der Waals surface area (Å²) in [6.45, 7) is 8.54. The van der Waals surface area contributed by atoms with Crippen molar-refractivity contribution < 1.29 is 8.78 Å². The molecular formula is C19H20F2N4. The smallest absolute Gasteiger partial charge is 0.163 e. The maximum absolute atomic E-state index is 14.1. The number of aromatic nitrogens is 3. The van der Waals surface area contributed by atoms with E-state index in [2.05, 4.69) is 22.0 Å². The van der Waals surface area contributed by atoms with E-state index in [0.29, 0.717) is 23.3 Å². The van der Waals surface area contributed by atoms with Gasteiger partial charge in [-0.15, -0.1) is 6.58 Å². The number of fused-ring (bicyclic) bond motifs is 1. The molecule has 0 saturated heterocycles. The van der Waals surface area contributed by atoms with Gasteiger partial charge in [-0.3, -0.25) is 0 Å². The van der Waals surface area contributed by atoms with Gasteiger partial charge in [-0.1, -0.05) is 5.57 Å². The predicted octanol–water partition coefficient (Wildman–Crippen LogP) is 4.04. The molecule has 0 atom stereocenters. The summed E-state index contributed by atoms with van der Waals surface area (Å²) in [5, 5.41) is 7.34. The van der Waals surface area contributed by atoms with Gasteiger partial charge in [0.1, 0.15) is 0 Å². The van der Waals surface area contributed by atoms with E-state index in [1.165, 1.54) is 6.07 Å². The van der Waals surface area contributed by atoms with E-state index < -0.39 is 11.6 Å². The van der Waals surface area contributed by atoms with Crippen molar-refractivity contribution in [3.63, 3.8) is 0 Å². The van der Waals surface area contributed by atoms with Gasteiger partial charge >= 0.3 is 0 Å². The van der Waals surface area contributed by atoms with Gasteiger partial charge in [-0.05, 0) is 50.6 Å². The van der Waals surface area contributed by atoms with Crippen molar-refractivity contribution in [1.29, 1.82) is 0 Å². The molecule has 0 amide bonds. The Hall–Kier alpha value is -2.60. The van der Waals surface area contributed by atoms with Crippen LogP contribution < -0.4 is 5.32 Å². The van der Waals surface area contributed by atoms with E-state index in [9.17, 15) is 8.78 Å². The predicted molar refractivity (Wildman–Crippen MR) is 94.2 cm³/mol. The fourth-order valence-electron chi connectivity index (χ4n) is 2.62. The zero-order valence-electron chi connectivity index (χ0n) is 14.3. The molecule has 3 aromatic rings. The lowest BCUT2D eigenvalue weighted by Crippen LogP contribution is -2.16. The highest BCUT2D eigenvalue weighted by Crippen LogP contribution is 2.27. The molecule has 2 heterocycles. The normalized spacial score (nSPS) is 11.2.